The van der Waals surface area contributed by atoms with Crippen LogP contribution in [0.5, 0.6) is 0 Å². The molecule has 0 aliphatic heterocycles. The molecule has 3 nitrogen and oxygen atoms in total. The van der Waals surface area contributed by atoms with Gasteiger partial charge >= 0.3 is 0 Å². The fourth-order valence-corrected chi connectivity index (χ4v) is 2.40. The van der Waals surface area contributed by atoms with Crippen LogP contribution in [0.3, 0.4) is 0 Å². The van der Waals surface area contributed by atoms with Crippen molar-refractivity contribution in [2.45, 2.75) is 25.4 Å². The van der Waals surface area contributed by atoms with Crippen molar-refractivity contribution in [2.75, 3.05) is 6.61 Å². The van der Waals surface area contributed by atoms with Crippen LogP contribution in [-0.2, 0) is 6.42 Å². The fourth-order valence-electron chi connectivity index (χ4n) is 2.40. The summed E-state index contributed by atoms with van der Waals surface area (Å²) >= 11 is 0. The van der Waals surface area contributed by atoms with Crippen molar-refractivity contribution in [3.05, 3.63) is 71.3 Å². The topological polar surface area (TPSA) is 56.0 Å². The van der Waals surface area contributed by atoms with Crippen molar-refractivity contribution in [1.82, 2.24) is 5.32 Å². The monoisotopic (exact) mass is 280 g/mol. The average molecular weight is 280 g/mol. The zero-order valence-electron chi connectivity index (χ0n) is 12.2. The summed E-state index contributed by atoms with van der Waals surface area (Å²) < 4.78 is 0. The van der Waals surface area contributed by atoms with Crippen LogP contribution in [0.25, 0.3) is 0 Å². The maximum absolute atomic E-state index is 9.57. The van der Waals surface area contributed by atoms with Crippen molar-refractivity contribution in [2.24, 2.45) is 0 Å². The van der Waals surface area contributed by atoms with Crippen LogP contribution in [0.15, 0.2) is 54.6 Å². The lowest BCUT2D eigenvalue weighted by molar-refractivity contribution is 0.232. The van der Waals surface area contributed by atoms with E-state index in [0.29, 0.717) is 5.56 Å². The van der Waals surface area contributed by atoms with Gasteiger partial charge in [0.1, 0.15) is 0 Å². The minimum Gasteiger partial charge on any atom is -0.395 e. The lowest BCUT2D eigenvalue weighted by Crippen LogP contribution is -2.36. The van der Waals surface area contributed by atoms with Gasteiger partial charge in [-0.25, -0.2) is 0 Å². The van der Waals surface area contributed by atoms with Crippen LogP contribution in [0.1, 0.15) is 29.7 Å². The van der Waals surface area contributed by atoms with Gasteiger partial charge in [0.15, 0.2) is 0 Å². The van der Waals surface area contributed by atoms with E-state index in [1.165, 1.54) is 5.56 Å². The first-order valence-electron chi connectivity index (χ1n) is 7.14. The standard InChI is InChI=1S/C18H20N2O/c1-14(17-9-5-8-16(10-17)12-19)20-18(13-21)11-15-6-3-2-4-7-15/h2-10,14,18,20-21H,11,13H2,1H3/t14?,18-/m1/s1. The SMILES string of the molecule is CC(N[C@@H](CO)Cc1ccccc1)c1cccc(C#N)c1. The van der Waals surface area contributed by atoms with Crippen LogP contribution in [0.4, 0.5) is 0 Å². The summed E-state index contributed by atoms with van der Waals surface area (Å²) in [6.07, 6.45) is 0.777. The molecule has 2 aromatic carbocycles. The molecule has 3 heteroatoms. The number of nitriles is 1. The summed E-state index contributed by atoms with van der Waals surface area (Å²) in [7, 11) is 0. The number of benzene rings is 2. The molecule has 2 N–H and O–H groups in total. The van der Waals surface area contributed by atoms with E-state index >= 15 is 0 Å². The number of rotatable bonds is 6. The predicted molar refractivity (Wildman–Crippen MR) is 83.7 cm³/mol. The fraction of sp³-hybridized carbons (Fsp3) is 0.278. The van der Waals surface area contributed by atoms with E-state index in [1.54, 1.807) is 6.07 Å². The number of nitrogens with zero attached hydrogens (tertiary/aromatic N) is 1. The Labute approximate surface area is 125 Å². The molecular formula is C18H20N2O. The summed E-state index contributed by atoms with van der Waals surface area (Å²) in [6.45, 7) is 2.13. The number of nitrogens with one attached hydrogen (secondary N) is 1. The van der Waals surface area contributed by atoms with E-state index in [0.717, 1.165) is 12.0 Å². The quantitative estimate of drug-likeness (QED) is 0.855. The number of hydrogen-bond acceptors (Lipinski definition) is 3. The molecule has 0 aromatic heterocycles. The Balaban J connectivity index is 2.02. The molecular weight excluding hydrogens is 260 g/mol. The van der Waals surface area contributed by atoms with Crippen molar-refractivity contribution in [3.63, 3.8) is 0 Å². The summed E-state index contributed by atoms with van der Waals surface area (Å²) in [5.74, 6) is 0. The van der Waals surface area contributed by atoms with Crippen LogP contribution < -0.4 is 5.32 Å². The number of aliphatic hydroxyl groups excluding tert-OH is 1. The Hall–Kier alpha value is -2.15. The molecule has 0 aliphatic rings. The molecule has 2 rings (SSSR count). The largest absolute Gasteiger partial charge is 0.395 e. The molecule has 0 amide bonds. The van der Waals surface area contributed by atoms with Gasteiger partial charge in [0.25, 0.3) is 0 Å². The van der Waals surface area contributed by atoms with Crippen molar-refractivity contribution >= 4 is 0 Å². The highest BCUT2D eigenvalue weighted by atomic mass is 16.3. The van der Waals surface area contributed by atoms with E-state index in [2.05, 4.69) is 23.5 Å². The molecule has 21 heavy (non-hydrogen) atoms. The van der Waals surface area contributed by atoms with Gasteiger partial charge in [0.05, 0.1) is 18.2 Å². The lowest BCUT2D eigenvalue weighted by Gasteiger charge is -2.22. The Morgan fingerprint density at radius 1 is 1.14 bits per heavy atom. The van der Waals surface area contributed by atoms with Crippen LogP contribution in [0, 0.1) is 11.3 Å². The van der Waals surface area contributed by atoms with Gasteiger partial charge in [-0.2, -0.15) is 5.26 Å². The molecule has 0 aliphatic carbocycles. The van der Waals surface area contributed by atoms with E-state index in [-0.39, 0.29) is 18.7 Å². The first-order valence-corrected chi connectivity index (χ1v) is 7.14. The van der Waals surface area contributed by atoms with E-state index < -0.39 is 0 Å². The highest BCUT2D eigenvalue weighted by Crippen LogP contribution is 2.15. The van der Waals surface area contributed by atoms with Crippen molar-refractivity contribution in [1.29, 1.82) is 5.26 Å². The second-order valence-electron chi connectivity index (χ2n) is 5.19. The third kappa shape index (κ3) is 4.42. The van der Waals surface area contributed by atoms with E-state index in [1.807, 2.05) is 43.3 Å². The second-order valence-corrected chi connectivity index (χ2v) is 5.19. The van der Waals surface area contributed by atoms with Gasteiger partial charge in [0.2, 0.25) is 0 Å². The molecule has 0 saturated carbocycles. The van der Waals surface area contributed by atoms with Crippen LogP contribution >= 0.6 is 0 Å². The minimum atomic E-state index is -0.00635. The van der Waals surface area contributed by atoms with Gasteiger partial charge in [-0.05, 0) is 36.6 Å². The van der Waals surface area contributed by atoms with E-state index in [4.69, 9.17) is 5.26 Å². The van der Waals surface area contributed by atoms with Gasteiger partial charge in [0, 0.05) is 12.1 Å². The van der Waals surface area contributed by atoms with E-state index in [9.17, 15) is 5.11 Å². The third-order valence-corrected chi connectivity index (χ3v) is 3.55. The zero-order valence-corrected chi connectivity index (χ0v) is 12.2. The van der Waals surface area contributed by atoms with Crippen molar-refractivity contribution in [3.8, 4) is 6.07 Å². The summed E-state index contributed by atoms with van der Waals surface area (Å²) in [5.41, 5.74) is 2.91. The Bertz CT molecular complexity index is 604. The van der Waals surface area contributed by atoms with Gasteiger partial charge in [-0.3, -0.25) is 0 Å². The lowest BCUT2D eigenvalue weighted by atomic mass is 10.0. The molecule has 0 bridgehead atoms. The summed E-state index contributed by atoms with van der Waals surface area (Å²) in [6, 6.07) is 19.9. The van der Waals surface area contributed by atoms with Crippen LogP contribution in [-0.4, -0.2) is 17.8 Å². The van der Waals surface area contributed by atoms with Gasteiger partial charge < -0.3 is 10.4 Å². The number of aliphatic hydroxyl groups is 1. The molecule has 0 saturated heterocycles. The first-order chi connectivity index (χ1) is 10.2. The Morgan fingerprint density at radius 3 is 2.57 bits per heavy atom. The summed E-state index contributed by atoms with van der Waals surface area (Å²) in [5, 5.41) is 21.9. The molecule has 1 unspecified atom stereocenters. The zero-order chi connectivity index (χ0) is 15.1. The van der Waals surface area contributed by atoms with Gasteiger partial charge in [-0.15, -0.1) is 0 Å². The minimum absolute atomic E-state index is 0.00635. The highest BCUT2D eigenvalue weighted by Gasteiger charge is 2.13. The second kappa shape index (κ2) is 7.58. The smallest absolute Gasteiger partial charge is 0.0991 e. The molecule has 0 radical (unpaired) electrons. The predicted octanol–water partition coefficient (Wildman–Crippen LogP) is 2.81. The van der Waals surface area contributed by atoms with Crippen molar-refractivity contribution < 1.29 is 5.11 Å². The normalized spacial score (nSPS) is 13.4. The molecule has 0 fully saturated rings. The Morgan fingerprint density at radius 2 is 1.90 bits per heavy atom. The maximum Gasteiger partial charge on any atom is 0.0991 e. The average Bonchev–Trinajstić information content (AvgIpc) is 2.55. The van der Waals surface area contributed by atoms with Crippen LogP contribution in [0.2, 0.25) is 0 Å². The molecule has 108 valence electrons. The molecule has 0 spiro atoms. The third-order valence-electron chi connectivity index (χ3n) is 3.55. The molecule has 2 atom stereocenters. The molecule has 2 aromatic rings. The highest BCUT2D eigenvalue weighted by molar-refractivity contribution is 5.34. The number of hydrogen-bond donors (Lipinski definition) is 2. The van der Waals surface area contributed by atoms with Gasteiger partial charge in [-0.1, -0.05) is 42.5 Å². The Kier molecular flexibility index (Phi) is 5.51. The maximum atomic E-state index is 9.57. The first kappa shape index (κ1) is 15.2. The molecule has 0 heterocycles. The summed E-state index contributed by atoms with van der Waals surface area (Å²) in [4.78, 5) is 0.